The van der Waals surface area contributed by atoms with Crippen LogP contribution in [0.15, 0.2) is 47.0 Å². The van der Waals surface area contributed by atoms with Gasteiger partial charge in [0.05, 0.1) is 0 Å². The number of H-pyrrole nitrogens is 1. The number of hydrogen-bond acceptors (Lipinski definition) is 5. The fourth-order valence-corrected chi connectivity index (χ4v) is 2.52. The van der Waals surface area contributed by atoms with Crippen LogP contribution in [0.3, 0.4) is 0 Å². The van der Waals surface area contributed by atoms with E-state index in [-0.39, 0.29) is 17.3 Å². The van der Waals surface area contributed by atoms with Gasteiger partial charge in [-0.05, 0) is 25.1 Å². The SMILES string of the molecule is Cc1c(C(=O)Nc2n[nH]c(-c3ccccn3)n2)oc2c(F)cccc12. The first kappa shape index (κ1) is 15.0. The number of hydrogen-bond donors (Lipinski definition) is 2. The molecule has 25 heavy (non-hydrogen) atoms. The Bertz CT molecular complexity index is 1070. The molecule has 0 spiro atoms. The summed E-state index contributed by atoms with van der Waals surface area (Å²) in [7, 11) is 0. The molecule has 0 saturated heterocycles. The van der Waals surface area contributed by atoms with Gasteiger partial charge in [0, 0.05) is 17.1 Å². The van der Waals surface area contributed by atoms with Gasteiger partial charge in [-0.2, -0.15) is 4.98 Å². The van der Waals surface area contributed by atoms with Gasteiger partial charge in [-0.15, -0.1) is 5.10 Å². The molecule has 3 aromatic heterocycles. The normalized spacial score (nSPS) is 11.0. The van der Waals surface area contributed by atoms with Gasteiger partial charge in [-0.1, -0.05) is 18.2 Å². The van der Waals surface area contributed by atoms with Crippen molar-refractivity contribution in [3.05, 3.63) is 59.7 Å². The Morgan fingerprint density at radius 3 is 2.88 bits per heavy atom. The summed E-state index contributed by atoms with van der Waals surface area (Å²) in [5.74, 6) is -0.562. The molecule has 0 unspecified atom stereocenters. The summed E-state index contributed by atoms with van der Waals surface area (Å²) in [4.78, 5) is 20.7. The standard InChI is InChI=1S/C17H12FN5O2/c1-9-10-5-4-6-11(18)14(10)25-13(9)16(24)21-17-20-15(22-23-17)12-7-2-3-8-19-12/h2-8H,1H3,(H2,20,21,22,23,24). The number of nitrogens with one attached hydrogen (secondary N) is 2. The zero-order chi connectivity index (χ0) is 17.4. The van der Waals surface area contributed by atoms with Crippen LogP contribution in [-0.2, 0) is 0 Å². The van der Waals surface area contributed by atoms with Crippen LogP contribution in [0.1, 0.15) is 16.1 Å². The van der Waals surface area contributed by atoms with Crippen LogP contribution in [0.4, 0.5) is 10.3 Å². The van der Waals surface area contributed by atoms with E-state index in [2.05, 4.69) is 25.5 Å². The number of fused-ring (bicyclic) bond motifs is 1. The summed E-state index contributed by atoms with van der Waals surface area (Å²) in [6.07, 6.45) is 1.63. The van der Waals surface area contributed by atoms with Crippen molar-refractivity contribution in [3.8, 4) is 11.5 Å². The lowest BCUT2D eigenvalue weighted by Gasteiger charge is -1.98. The predicted molar refractivity (Wildman–Crippen MR) is 88.5 cm³/mol. The molecule has 0 saturated carbocycles. The maximum absolute atomic E-state index is 13.8. The smallest absolute Gasteiger partial charge is 0.294 e. The van der Waals surface area contributed by atoms with Crippen LogP contribution in [-0.4, -0.2) is 26.1 Å². The highest BCUT2D eigenvalue weighted by atomic mass is 19.1. The second-order valence-electron chi connectivity index (χ2n) is 5.35. The van der Waals surface area contributed by atoms with E-state index in [9.17, 15) is 9.18 Å². The van der Waals surface area contributed by atoms with Crippen molar-refractivity contribution < 1.29 is 13.6 Å². The first-order valence-electron chi connectivity index (χ1n) is 7.46. The topological polar surface area (TPSA) is 96.7 Å². The van der Waals surface area contributed by atoms with Gasteiger partial charge >= 0.3 is 0 Å². The number of pyridine rings is 1. The summed E-state index contributed by atoms with van der Waals surface area (Å²) in [6, 6.07) is 9.90. The number of rotatable bonds is 3. The van der Waals surface area contributed by atoms with Gasteiger partial charge in [0.1, 0.15) is 5.69 Å². The van der Waals surface area contributed by atoms with E-state index in [0.717, 1.165) is 0 Å². The lowest BCUT2D eigenvalue weighted by molar-refractivity contribution is 0.0997. The average molecular weight is 337 g/mol. The van der Waals surface area contributed by atoms with Crippen molar-refractivity contribution in [2.45, 2.75) is 6.92 Å². The van der Waals surface area contributed by atoms with Gasteiger partial charge < -0.3 is 4.42 Å². The molecule has 4 rings (SSSR count). The van der Waals surface area contributed by atoms with Gasteiger partial charge in [0.15, 0.2) is 23.0 Å². The zero-order valence-corrected chi connectivity index (χ0v) is 13.1. The summed E-state index contributed by atoms with van der Waals surface area (Å²) >= 11 is 0. The lowest BCUT2D eigenvalue weighted by atomic mass is 10.1. The minimum atomic E-state index is -0.556. The molecule has 124 valence electrons. The minimum Gasteiger partial charge on any atom is -0.448 e. The highest BCUT2D eigenvalue weighted by Gasteiger charge is 2.21. The fraction of sp³-hybridized carbons (Fsp3) is 0.0588. The van der Waals surface area contributed by atoms with Gasteiger partial charge in [0.2, 0.25) is 5.95 Å². The van der Waals surface area contributed by atoms with Gasteiger partial charge in [-0.3, -0.25) is 20.2 Å². The van der Waals surface area contributed by atoms with E-state index in [1.807, 2.05) is 6.07 Å². The molecule has 0 radical (unpaired) electrons. The molecule has 7 nitrogen and oxygen atoms in total. The van der Waals surface area contributed by atoms with Crippen molar-refractivity contribution in [3.63, 3.8) is 0 Å². The van der Waals surface area contributed by atoms with Crippen LogP contribution in [0.2, 0.25) is 0 Å². The highest BCUT2D eigenvalue weighted by molar-refractivity contribution is 6.05. The van der Waals surface area contributed by atoms with Crippen molar-refractivity contribution in [1.82, 2.24) is 20.2 Å². The number of carbonyl (C=O) groups is 1. The van der Waals surface area contributed by atoms with Crippen LogP contribution in [0.5, 0.6) is 0 Å². The number of aryl methyl sites for hydroxylation is 1. The fourth-order valence-electron chi connectivity index (χ4n) is 2.52. The molecule has 3 heterocycles. The molecular weight excluding hydrogens is 325 g/mol. The maximum Gasteiger partial charge on any atom is 0.294 e. The first-order chi connectivity index (χ1) is 12.1. The van der Waals surface area contributed by atoms with E-state index in [1.165, 1.54) is 6.07 Å². The number of furan rings is 1. The Morgan fingerprint density at radius 2 is 2.12 bits per heavy atom. The molecule has 8 heteroatoms. The van der Waals surface area contributed by atoms with E-state index in [0.29, 0.717) is 22.5 Å². The number of carbonyl (C=O) groups excluding carboxylic acids is 1. The summed E-state index contributed by atoms with van der Waals surface area (Å²) in [6.45, 7) is 1.69. The molecule has 0 bridgehead atoms. The van der Waals surface area contributed by atoms with Gasteiger partial charge in [0.25, 0.3) is 5.91 Å². The second-order valence-corrected chi connectivity index (χ2v) is 5.35. The van der Waals surface area contributed by atoms with Crippen LogP contribution in [0.25, 0.3) is 22.5 Å². The van der Waals surface area contributed by atoms with E-state index in [1.54, 1.807) is 37.4 Å². The highest BCUT2D eigenvalue weighted by Crippen LogP contribution is 2.27. The van der Waals surface area contributed by atoms with Crippen LogP contribution >= 0.6 is 0 Å². The largest absolute Gasteiger partial charge is 0.448 e. The third-order valence-corrected chi connectivity index (χ3v) is 3.74. The molecule has 0 atom stereocenters. The third kappa shape index (κ3) is 2.63. The summed E-state index contributed by atoms with van der Waals surface area (Å²) in [5.41, 5.74) is 1.19. The van der Waals surface area contributed by atoms with Crippen molar-refractivity contribution in [2.75, 3.05) is 5.32 Å². The molecule has 0 aliphatic carbocycles. The number of nitrogens with zero attached hydrogens (tertiary/aromatic N) is 3. The first-order valence-corrected chi connectivity index (χ1v) is 7.46. The average Bonchev–Trinajstić information content (AvgIpc) is 3.22. The second kappa shape index (κ2) is 5.82. The number of benzene rings is 1. The minimum absolute atomic E-state index is 0.0179. The summed E-state index contributed by atoms with van der Waals surface area (Å²) in [5, 5.41) is 9.72. The molecular formula is C17H12FN5O2. The zero-order valence-electron chi connectivity index (χ0n) is 13.1. The van der Waals surface area contributed by atoms with E-state index < -0.39 is 11.7 Å². The molecule has 1 amide bonds. The number of para-hydroxylation sites is 1. The monoisotopic (exact) mass is 337 g/mol. The molecule has 4 aromatic rings. The molecule has 2 N–H and O–H groups in total. The lowest BCUT2D eigenvalue weighted by Crippen LogP contribution is -2.13. The van der Waals surface area contributed by atoms with Crippen molar-refractivity contribution in [1.29, 1.82) is 0 Å². The Balaban J connectivity index is 1.62. The quantitative estimate of drug-likeness (QED) is 0.598. The molecule has 1 aromatic carbocycles. The Labute approximate surface area is 140 Å². The molecule has 0 fully saturated rings. The third-order valence-electron chi connectivity index (χ3n) is 3.74. The Morgan fingerprint density at radius 1 is 1.24 bits per heavy atom. The van der Waals surface area contributed by atoms with Crippen LogP contribution in [0, 0.1) is 12.7 Å². The number of amides is 1. The number of aromatic nitrogens is 4. The summed E-state index contributed by atoms with van der Waals surface area (Å²) < 4.78 is 19.2. The van der Waals surface area contributed by atoms with Crippen molar-refractivity contribution in [2.24, 2.45) is 0 Å². The van der Waals surface area contributed by atoms with E-state index in [4.69, 9.17) is 4.42 Å². The van der Waals surface area contributed by atoms with Crippen molar-refractivity contribution >= 4 is 22.8 Å². The van der Waals surface area contributed by atoms with Crippen LogP contribution < -0.4 is 5.32 Å². The number of anilines is 1. The van der Waals surface area contributed by atoms with E-state index >= 15 is 0 Å². The molecule has 0 aliphatic heterocycles. The number of aromatic amines is 1. The Hall–Kier alpha value is -3.55. The number of halogens is 1. The molecule has 0 aliphatic rings. The van der Waals surface area contributed by atoms with Gasteiger partial charge in [-0.25, -0.2) is 4.39 Å². The Kier molecular flexibility index (Phi) is 3.50. The predicted octanol–water partition coefficient (Wildman–Crippen LogP) is 3.31. The maximum atomic E-state index is 13.8.